The van der Waals surface area contributed by atoms with Gasteiger partial charge in [0.25, 0.3) is 12.0 Å². The Morgan fingerprint density at radius 1 is 1.23 bits per heavy atom. The van der Waals surface area contributed by atoms with Crippen molar-refractivity contribution in [1.29, 1.82) is 5.26 Å². The average molecular weight is 497 g/mol. The first-order valence-corrected chi connectivity index (χ1v) is 10.5. The smallest absolute Gasteiger partial charge is 0.335 e. The second-order valence-corrected chi connectivity index (χ2v) is 7.74. The summed E-state index contributed by atoms with van der Waals surface area (Å²) in [5.74, 6) is -1.54. The van der Waals surface area contributed by atoms with E-state index in [1.165, 1.54) is 18.2 Å². The Kier molecular flexibility index (Phi) is 6.71. The molecule has 0 amide bonds. The molecule has 4 rings (SSSR count). The Morgan fingerprint density at radius 2 is 2.03 bits per heavy atom. The summed E-state index contributed by atoms with van der Waals surface area (Å²) in [4.78, 5) is 31.9. The van der Waals surface area contributed by atoms with Crippen molar-refractivity contribution in [3.05, 3.63) is 87.2 Å². The SMILES string of the molecule is N#Cc1cc2c(=O)n(CCOc3ccc(Cl)cc3-c3cccc(C(=O)O)c3)c(C(F)F)nc2cn1. The number of alkyl halides is 2. The normalized spacial score (nSPS) is 10.9. The number of hydrogen-bond acceptors (Lipinski definition) is 6. The molecule has 0 radical (unpaired) electrons. The highest BCUT2D eigenvalue weighted by molar-refractivity contribution is 6.31. The van der Waals surface area contributed by atoms with Gasteiger partial charge in [0.1, 0.15) is 24.1 Å². The molecule has 0 unspecified atom stereocenters. The van der Waals surface area contributed by atoms with Crippen LogP contribution in [-0.2, 0) is 6.54 Å². The number of fused-ring (bicyclic) bond motifs is 1. The molecule has 0 aliphatic heterocycles. The van der Waals surface area contributed by atoms with E-state index >= 15 is 0 Å². The maximum atomic E-state index is 13.7. The highest BCUT2D eigenvalue weighted by Crippen LogP contribution is 2.33. The molecule has 0 fully saturated rings. The van der Waals surface area contributed by atoms with Crippen molar-refractivity contribution >= 4 is 28.5 Å². The van der Waals surface area contributed by atoms with Crippen molar-refractivity contribution in [2.75, 3.05) is 6.61 Å². The van der Waals surface area contributed by atoms with Gasteiger partial charge < -0.3 is 9.84 Å². The van der Waals surface area contributed by atoms with Gasteiger partial charge in [0.15, 0.2) is 5.82 Å². The third-order valence-electron chi connectivity index (χ3n) is 5.11. The zero-order chi connectivity index (χ0) is 25.1. The van der Waals surface area contributed by atoms with Gasteiger partial charge in [-0.3, -0.25) is 9.36 Å². The summed E-state index contributed by atoms with van der Waals surface area (Å²) in [5, 5.41) is 18.7. The van der Waals surface area contributed by atoms with Gasteiger partial charge in [0.2, 0.25) is 0 Å². The number of rotatable bonds is 7. The van der Waals surface area contributed by atoms with E-state index in [4.69, 9.17) is 21.6 Å². The van der Waals surface area contributed by atoms with Crippen LogP contribution in [0.4, 0.5) is 8.78 Å². The molecule has 2 aromatic heterocycles. The number of carbonyl (C=O) groups is 1. The molecule has 0 saturated heterocycles. The van der Waals surface area contributed by atoms with E-state index in [9.17, 15) is 23.5 Å². The number of carboxylic acids is 1. The van der Waals surface area contributed by atoms with E-state index in [2.05, 4.69) is 9.97 Å². The van der Waals surface area contributed by atoms with Gasteiger partial charge in [-0.1, -0.05) is 23.7 Å². The second-order valence-electron chi connectivity index (χ2n) is 7.30. The summed E-state index contributed by atoms with van der Waals surface area (Å²) in [5.41, 5.74) is 0.242. The summed E-state index contributed by atoms with van der Waals surface area (Å²) >= 11 is 6.12. The highest BCUT2D eigenvalue weighted by atomic mass is 35.5. The van der Waals surface area contributed by atoms with Crippen molar-refractivity contribution in [3.63, 3.8) is 0 Å². The molecular weight excluding hydrogens is 482 g/mol. The van der Waals surface area contributed by atoms with Crippen molar-refractivity contribution < 1.29 is 23.4 Å². The summed E-state index contributed by atoms with van der Waals surface area (Å²) < 4.78 is 33.9. The number of aromatic carboxylic acids is 1. The molecule has 0 atom stereocenters. The first-order valence-electron chi connectivity index (χ1n) is 10.1. The monoisotopic (exact) mass is 496 g/mol. The Hall–Kier alpha value is -4.36. The number of hydrogen-bond donors (Lipinski definition) is 1. The lowest BCUT2D eigenvalue weighted by Gasteiger charge is -2.15. The van der Waals surface area contributed by atoms with Gasteiger partial charge in [-0.25, -0.2) is 23.5 Å². The quantitative estimate of drug-likeness (QED) is 0.394. The molecule has 0 aliphatic carbocycles. The van der Waals surface area contributed by atoms with E-state index in [-0.39, 0.29) is 35.3 Å². The van der Waals surface area contributed by atoms with E-state index in [0.29, 0.717) is 21.9 Å². The van der Waals surface area contributed by atoms with Crippen LogP contribution in [0, 0.1) is 11.3 Å². The molecule has 35 heavy (non-hydrogen) atoms. The van der Waals surface area contributed by atoms with Crippen LogP contribution in [0.3, 0.4) is 0 Å². The van der Waals surface area contributed by atoms with Crippen LogP contribution < -0.4 is 10.3 Å². The lowest BCUT2D eigenvalue weighted by Crippen LogP contribution is -2.28. The number of aromatic nitrogens is 3. The van der Waals surface area contributed by atoms with Gasteiger partial charge in [0.05, 0.1) is 29.2 Å². The zero-order valence-corrected chi connectivity index (χ0v) is 18.5. The Morgan fingerprint density at radius 3 is 2.74 bits per heavy atom. The molecule has 11 heteroatoms. The fourth-order valence-corrected chi connectivity index (χ4v) is 3.68. The summed E-state index contributed by atoms with van der Waals surface area (Å²) in [6, 6.07) is 13.8. The van der Waals surface area contributed by atoms with Crippen LogP contribution in [0.25, 0.3) is 22.0 Å². The lowest BCUT2D eigenvalue weighted by atomic mass is 10.0. The first-order chi connectivity index (χ1) is 16.8. The molecule has 8 nitrogen and oxygen atoms in total. The first kappa shape index (κ1) is 23.8. The minimum absolute atomic E-state index is 0.0152. The van der Waals surface area contributed by atoms with Crippen LogP contribution in [0.1, 0.15) is 28.3 Å². The standard InChI is InChI=1S/C24H15ClF2N4O4/c25-15-4-5-20(17(9-15)13-2-1-3-14(8-13)24(33)34)35-7-6-31-22(21(26)27)30-19-12-29-16(11-28)10-18(19)23(31)32/h1-5,8-10,12,21H,6-7H2,(H,33,34). The third kappa shape index (κ3) is 4.95. The number of pyridine rings is 1. The maximum absolute atomic E-state index is 13.7. The average Bonchev–Trinajstić information content (AvgIpc) is 2.85. The van der Waals surface area contributed by atoms with Crippen LogP contribution in [0.2, 0.25) is 5.02 Å². The van der Waals surface area contributed by atoms with Crippen molar-refractivity contribution in [2.45, 2.75) is 13.0 Å². The van der Waals surface area contributed by atoms with Gasteiger partial charge >= 0.3 is 5.97 Å². The fourth-order valence-electron chi connectivity index (χ4n) is 3.51. The van der Waals surface area contributed by atoms with E-state index in [1.807, 2.05) is 0 Å². The Balaban J connectivity index is 1.66. The summed E-state index contributed by atoms with van der Waals surface area (Å²) in [7, 11) is 0. The zero-order valence-electron chi connectivity index (χ0n) is 17.8. The van der Waals surface area contributed by atoms with Crippen molar-refractivity contribution in [3.8, 4) is 22.9 Å². The van der Waals surface area contributed by atoms with E-state index in [1.54, 1.807) is 36.4 Å². The topological polar surface area (TPSA) is 118 Å². The number of nitrogens with zero attached hydrogens (tertiary/aromatic N) is 4. The minimum atomic E-state index is -3.03. The molecule has 2 heterocycles. The van der Waals surface area contributed by atoms with Crippen LogP contribution >= 0.6 is 11.6 Å². The highest BCUT2D eigenvalue weighted by Gasteiger charge is 2.20. The van der Waals surface area contributed by atoms with Crippen LogP contribution in [0.15, 0.2) is 59.5 Å². The van der Waals surface area contributed by atoms with Gasteiger partial charge in [-0.05, 0) is 42.0 Å². The summed E-state index contributed by atoms with van der Waals surface area (Å²) in [6.07, 6.45) is -1.93. The third-order valence-corrected chi connectivity index (χ3v) is 5.35. The molecule has 1 N–H and O–H groups in total. The summed E-state index contributed by atoms with van der Waals surface area (Å²) in [6.45, 7) is -0.445. The second kappa shape index (κ2) is 9.87. The van der Waals surface area contributed by atoms with Gasteiger partial charge in [-0.2, -0.15) is 5.26 Å². The Bertz CT molecular complexity index is 1550. The van der Waals surface area contributed by atoms with Crippen molar-refractivity contribution in [2.24, 2.45) is 0 Å². The number of nitriles is 1. The van der Waals surface area contributed by atoms with Gasteiger partial charge in [-0.15, -0.1) is 0 Å². The fraction of sp³-hybridized carbons (Fsp3) is 0.125. The Labute approximate surface area is 201 Å². The molecule has 0 bridgehead atoms. The predicted octanol–water partition coefficient (Wildman–Crippen LogP) is 4.70. The van der Waals surface area contributed by atoms with Crippen molar-refractivity contribution in [1.82, 2.24) is 14.5 Å². The minimum Gasteiger partial charge on any atom is -0.491 e. The predicted molar refractivity (Wildman–Crippen MR) is 123 cm³/mol. The molecule has 0 spiro atoms. The molecule has 4 aromatic rings. The van der Waals surface area contributed by atoms with Crippen LogP contribution in [0.5, 0.6) is 5.75 Å². The molecular formula is C24H15ClF2N4O4. The molecule has 176 valence electrons. The number of benzene rings is 2. The molecule has 0 saturated carbocycles. The number of ether oxygens (including phenoxy) is 1. The number of halogens is 3. The molecule has 0 aliphatic rings. The maximum Gasteiger partial charge on any atom is 0.335 e. The largest absolute Gasteiger partial charge is 0.491 e. The van der Waals surface area contributed by atoms with E-state index < -0.39 is 23.8 Å². The van der Waals surface area contributed by atoms with E-state index in [0.717, 1.165) is 10.8 Å². The lowest BCUT2D eigenvalue weighted by molar-refractivity contribution is 0.0697. The van der Waals surface area contributed by atoms with Gasteiger partial charge in [0, 0.05) is 10.6 Å². The van der Waals surface area contributed by atoms with Crippen LogP contribution in [-0.4, -0.2) is 32.2 Å². The molecule has 2 aromatic carbocycles. The number of carboxylic acid groups (broad SMARTS) is 1.